The number of hydrogen-bond acceptors (Lipinski definition) is 3. The lowest BCUT2D eigenvalue weighted by Crippen LogP contribution is -2.03. The van der Waals surface area contributed by atoms with E-state index in [1.165, 1.54) is 42.5 Å². The highest BCUT2D eigenvalue weighted by Gasteiger charge is 2.22. The van der Waals surface area contributed by atoms with Gasteiger partial charge in [0.15, 0.2) is 22.2 Å². The van der Waals surface area contributed by atoms with Crippen LogP contribution in [0.4, 0.5) is 8.78 Å². The second-order valence-electron chi connectivity index (χ2n) is 6.50. The molecule has 0 bridgehead atoms. The summed E-state index contributed by atoms with van der Waals surface area (Å²) in [5.41, 5.74) is 0.711. The zero-order valence-electron chi connectivity index (χ0n) is 15.7. The summed E-state index contributed by atoms with van der Waals surface area (Å²) in [6.07, 6.45) is 0. The third-order valence-corrected chi connectivity index (χ3v) is 6.60. The fourth-order valence-electron chi connectivity index (χ4n) is 3.53. The summed E-state index contributed by atoms with van der Waals surface area (Å²) in [4.78, 5) is 0.347. The van der Waals surface area contributed by atoms with Crippen molar-refractivity contribution in [1.82, 2.24) is 0 Å². The van der Waals surface area contributed by atoms with E-state index in [4.69, 9.17) is 4.18 Å². The third kappa shape index (κ3) is 3.67. The summed E-state index contributed by atoms with van der Waals surface area (Å²) >= 11 is -4.26. The van der Waals surface area contributed by atoms with E-state index in [1.807, 2.05) is 0 Å². The smallest absolute Gasteiger partial charge is 0.189 e. The molecule has 154 valence electrons. The minimum Gasteiger partial charge on any atom is -0.302 e. The highest BCUT2D eigenvalue weighted by Crippen LogP contribution is 2.41. The molecular weight excluding hydrogens is 430 g/mol. The highest BCUT2D eigenvalue weighted by molar-refractivity contribution is 7.80. The molecule has 0 heterocycles. The summed E-state index contributed by atoms with van der Waals surface area (Å²) in [7, 11) is 0. The summed E-state index contributed by atoms with van der Waals surface area (Å²) < 4.78 is 67.9. The first kappa shape index (κ1) is 20.7. The Morgan fingerprint density at radius 2 is 1.30 bits per heavy atom. The number of fused-ring (bicyclic) bond motifs is 2. The second-order valence-corrected chi connectivity index (χ2v) is 8.58. The molecule has 4 rings (SSSR count). The van der Waals surface area contributed by atoms with Gasteiger partial charge in [0, 0.05) is 11.1 Å². The molecular formula is C22H16F2O4S2. The monoisotopic (exact) mass is 446 g/mol. The van der Waals surface area contributed by atoms with Crippen LogP contribution in [-0.4, -0.2) is 19.6 Å². The van der Waals surface area contributed by atoms with Crippen LogP contribution in [0, 0.1) is 11.6 Å². The average molecular weight is 446 g/mol. The SMILES string of the molecule is CCOS(=O)c1ccc2cc(F)ccc2c1-c1c(S(=O)O)ccc2cc(F)ccc12. The van der Waals surface area contributed by atoms with Crippen molar-refractivity contribution >= 4 is 43.7 Å². The van der Waals surface area contributed by atoms with E-state index in [0.29, 0.717) is 32.7 Å². The molecule has 4 aromatic rings. The van der Waals surface area contributed by atoms with E-state index in [9.17, 15) is 21.8 Å². The standard InChI is InChI=1S/C22H16F2O4S2/c1-2-28-30(27)20-10-4-14-12-16(24)6-8-18(14)22(20)21-17-7-5-15(23)11-13(17)3-9-19(21)29(25)26/h3-12H,2H2,1H3,(H,25,26). The van der Waals surface area contributed by atoms with Gasteiger partial charge in [-0.05, 0) is 64.9 Å². The lowest BCUT2D eigenvalue weighted by atomic mass is 9.93. The predicted octanol–water partition coefficient (Wildman–Crippen LogP) is 5.58. The van der Waals surface area contributed by atoms with Crippen LogP contribution in [0.1, 0.15) is 6.92 Å². The Balaban J connectivity index is 2.21. The fraction of sp³-hybridized carbons (Fsp3) is 0.0909. The van der Waals surface area contributed by atoms with E-state index < -0.39 is 33.8 Å². The van der Waals surface area contributed by atoms with Crippen molar-refractivity contribution in [3.8, 4) is 11.1 Å². The van der Waals surface area contributed by atoms with Gasteiger partial charge < -0.3 is 4.55 Å². The lowest BCUT2D eigenvalue weighted by molar-refractivity contribution is 0.372. The summed E-state index contributed by atoms with van der Waals surface area (Å²) in [6, 6.07) is 14.3. The van der Waals surface area contributed by atoms with Crippen LogP contribution in [0.15, 0.2) is 70.5 Å². The molecule has 4 aromatic carbocycles. The largest absolute Gasteiger partial charge is 0.302 e. The van der Waals surface area contributed by atoms with Crippen LogP contribution in [0.2, 0.25) is 0 Å². The van der Waals surface area contributed by atoms with Crippen LogP contribution in [0.3, 0.4) is 0 Å². The number of halogens is 2. The molecule has 0 aliphatic carbocycles. The first-order valence-corrected chi connectivity index (χ1v) is 11.2. The van der Waals surface area contributed by atoms with Gasteiger partial charge in [-0.15, -0.1) is 0 Å². The van der Waals surface area contributed by atoms with Gasteiger partial charge in [0.25, 0.3) is 0 Å². The van der Waals surface area contributed by atoms with Gasteiger partial charge in [-0.1, -0.05) is 24.3 Å². The van der Waals surface area contributed by atoms with E-state index >= 15 is 0 Å². The van der Waals surface area contributed by atoms with E-state index in [2.05, 4.69) is 0 Å². The molecule has 0 spiro atoms. The van der Waals surface area contributed by atoms with Crippen LogP contribution in [-0.2, 0) is 26.3 Å². The van der Waals surface area contributed by atoms with Crippen molar-refractivity contribution in [2.75, 3.05) is 6.61 Å². The van der Waals surface area contributed by atoms with Gasteiger partial charge in [0.05, 0.1) is 16.4 Å². The van der Waals surface area contributed by atoms with Gasteiger partial charge in [0.1, 0.15) is 11.6 Å². The normalized spacial score (nSPS) is 13.6. The Hall–Kier alpha value is -2.52. The van der Waals surface area contributed by atoms with E-state index in [0.717, 1.165) is 0 Å². The Kier molecular flexibility index (Phi) is 5.75. The van der Waals surface area contributed by atoms with Crippen molar-refractivity contribution in [2.45, 2.75) is 16.7 Å². The Morgan fingerprint density at radius 1 is 0.800 bits per heavy atom. The molecule has 2 atom stereocenters. The van der Waals surface area contributed by atoms with Crippen LogP contribution in [0.5, 0.6) is 0 Å². The summed E-state index contributed by atoms with van der Waals surface area (Å²) in [6.45, 7) is 1.88. The maximum absolute atomic E-state index is 13.8. The zero-order valence-corrected chi connectivity index (χ0v) is 17.4. The molecule has 0 radical (unpaired) electrons. The Bertz CT molecular complexity index is 1340. The van der Waals surface area contributed by atoms with Crippen LogP contribution >= 0.6 is 0 Å². The van der Waals surface area contributed by atoms with Crippen molar-refractivity contribution in [3.05, 3.63) is 72.3 Å². The minimum atomic E-state index is -2.38. The Labute approximate surface area is 176 Å². The molecule has 0 aromatic heterocycles. The number of rotatable bonds is 5. The van der Waals surface area contributed by atoms with Gasteiger partial charge in [-0.2, -0.15) is 0 Å². The van der Waals surface area contributed by atoms with Crippen molar-refractivity contribution in [2.24, 2.45) is 0 Å². The van der Waals surface area contributed by atoms with Crippen LogP contribution < -0.4 is 0 Å². The topological polar surface area (TPSA) is 63.6 Å². The third-order valence-electron chi connectivity index (χ3n) is 4.73. The molecule has 0 saturated carbocycles. The van der Waals surface area contributed by atoms with Crippen molar-refractivity contribution in [3.63, 3.8) is 0 Å². The molecule has 30 heavy (non-hydrogen) atoms. The quantitative estimate of drug-likeness (QED) is 0.407. The first-order valence-electron chi connectivity index (χ1n) is 9.01. The molecule has 0 fully saturated rings. The van der Waals surface area contributed by atoms with E-state index in [1.54, 1.807) is 25.1 Å². The summed E-state index contributed by atoms with van der Waals surface area (Å²) in [5.74, 6) is -0.900. The maximum Gasteiger partial charge on any atom is 0.189 e. The van der Waals surface area contributed by atoms with Crippen molar-refractivity contribution < 1.29 is 25.9 Å². The van der Waals surface area contributed by atoms with Gasteiger partial charge in [-0.25, -0.2) is 17.2 Å². The fourth-order valence-corrected chi connectivity index (χ4v) is 5.00. The molecule has 1 N–H and O–H groups in total. The molecule has 0 aliphatic heterocycles. The lowest BCUT2D eigenvalue weighted by Gasteiger charge is -2.17. The molecule has 4 nitrogen and oxygen atoms in total. The first-order chi connectivity index (χ1) is 14.4. The summed E-state index contributed by atoms with van der Waals surface area (Å²) in [5, 5.41) is 2.07. The van der Waals surface area contributed by atoms with Gasteiger partial charge in [0.2, 0.25) is 0 Å². The van der Waals surface area contributed by atoms with Crippen molar-refractivity contribution in [1.29, 1.82) is 0 Å². The van der Waals surface area contributed by atoms with Gasteiger partial charge >= 0.3 is 0 Å². The molecule has 2 unspecified atom stereocenters. The minimum absolute atomic E-state index is 0.0701. The molecule has 0 saturated heterocycles. The predicted molar refractivity (Wildman–Crippen MR) is 114 cm³/mol. The maximum atomic E-state index is 13.8. The molecule has 0 amide bonds. The molecule has 8 heteroatoms. The van der Waals surface area contributed by atoms with E-state index in [-0.39, 0.29) is 16.4 Å². The number of benzene rings is 4. The average Bonchev–Trinajstić information content (AvgIpc) is 2.71. The second kappa shape index (κ2) is 8.31. The number of hydrogen-bond donors (Lipinski definition) is 1. The Morgan fingerprint density at radius 3 is 1.80 bits per heavy atom. The highest BCUT2D eigenvalue weighted by atomic mass is 32.2. The van der Waals surface area contributed by atoms with Crippen LogP contribution in [0.25, 0.3) is 32.7 Å². The van der Waals surface area contributed by atoms with Gasteiger partial charge in [-0.3, -0.25) is 4.18 Å². The zero-order chi connectivity index (χ0) is 21.4. The molecule has 0 aliphatic rings.